The van der Waals surface area contributed by atoms with Crippen LogP contribution in [0.5, 0.6) is 5.75 Å². The van der Waals surface area contributed by atoms with E-state index in [1.165, 1.54) is 18.2 Å². The Morgan fingerprint density at radius 3 is 2.67 bits per heavy atom. The summed E-state index contributed by atoms with van der Waals surface area (Å²) < 4.78 is 17.6. The molecule has 6 heteroatoms. The van der Waals surface area contributed by atoms with Gasteiger partial charge in [-0.2, -0.15) is 0 Å². The first-order chi connectivity index (χ1) is 7.09. The van der Waals surface area contributed by atoms with Gasteiger partial charge >= 0.3 is 5.97 Å². The highest BCUT2D eigenvalue weighted by Gasteiger charge is 2.07. The van der Waals surface area contributed by atoms with Gasteiger partial charge in [-0.05, 0) is 12.1 Å². The molecule has 1 rings (SSSR count). The zero-order valence-electron chi connectivity index (χ0n) is 7.81. The van der Waals surface area contributed by atoms with Crippen LogP contribution < -0.4 is 16.2 Å². The lowest BCUT2D eigenvalue weighted by Crippen LogP contribution is -2.25. The lowest BCUT2D eigenvalue weighted by atomic mass is 10.3. The number of guanidine groups is 1. The summed E-state index contributed by atoms with van der Waals surface area (Å²) in [6.07, 6.45) is 0. The maximum atomic E-state index is 13.0. The number of rotatable bonds is 3. The molecule has 0 unspecified atom stereocenters. The highest BCUT2D eigenvalue weighted by Crippen LogP contribution is 2.15. The van der Waals surface area contributed by atoms with Crippen LogP contribution in [0.15, 0.2) is 29.3 Å². The first-order valence-corrected chi connectivity index (χ1v) is 4.10. The third-order valence-electron chi connectivity index (χ3n) is 1.45. The van der Waals surface area contributed by atoms with Gasteiger partial charge in [-0.15, -0.1) is 0 Å². The van der Waals surface area contributed by atoms with Crippen molar-refractivity contribution in [1.29, 1.82) is 0 Å². The fraction of sp³-hybridized carbons (Fsp3) is 0.111. The summed E-state index contributed by atoms with van der Waals surface area (Å²) in [6, 6.07) is 5.56. The van der Waals surface area contributed by atoms with Crippen molar-refractivity contribution in [3.05, 3.63) is 30.1 Å². The molecule has 0 saturated carbocycles. The molecule has 0 fully saturated rings. The zero-order chi connectivity index (χ0) is 11.3. The fourth-order valence-electron chi connectivity index (χ4n) is 0.838. The summed E-state index contributed by atoms with van der Waals surface area (Å²) >= 11 is 0. The largest absolute Gasteiger partial charge is 0.422 e. The Balaban J connectivity index is 2.59. The second kappa shape index (κ2) is 4.94. The molecular formula is C9H10FN3O2. The number of halogens is 1. The number of aliphatic imine (C=N–C) groups is 1. The van der Waals surface area contributed by atoms with Gasteiger partial charge in [0.25, 0.3) is 0 Å². The van der Waals surface area contributed by atoms with Crippen molar-refractivity contribution in [1.82, 2.24) is 0 Å². The van der Waals surface area contributed by atoms with Crippen LogP contribution in [-0.4, -0.2) is 18.5 Å². The Hall–Kier alpha value is -2.11. The molecule has 5 nitrogen and oxygen atoms in total. The van der Waals surface area contributed by atoms with Crippen molar-refractivity contribution in [2.24, 2.45) is 16.5 Å². The molecule has 0 aliphatic heterocycles. The molecule has 0 atom stereocenters. The standard InChI is InChI=1S/C9H10FN3O2/c10-6-3-1-2-4-7(6)15-8(14)5-13-9(11)12/h1-4H,5H2,(H4,11,12,13). The number of carbonyl (C=O) groups excluding carboxylic acids is 1. The molecule has 80 valence electrons. The van der Waals surface area contributed by atoms with Gasteiger partial charge in [-0.25, -0.2) is 14.2 Å². The molecule has 15 heavy (non-hydrogen) atoms. The van der Waals surface area contributed by atoms with Gasteiger partial charge in [-0.1, -0.05) is 12.1 Å². The van der Waals surface area contributed by atoms with E-state index >= 15 is 0 Å². The quantitative estimate of drug-likeness (QED) is 0.319. The van der Waals surface area contributed by atoms with Crippen molar-refractivity contribution < 1.29 is 13.9 Å². The van der Waals surface area contributed by atoms with Crippen molar-refractivity contribution >= 4 is 11.9 Å². The molecule has 1 aromatic carbocycles. The molecule has 0 aliphatic rings. The predicted molar refractivity (Wildman–Crippen MR) is 52.7 cm³/mol. The van der Waals surface area contributed by atoms with Crippen LogP contribution in [-0.2, 0) is 4.79 Å². The highest BCUT2D eigenvalue weighted by molar-refractivity contribution is 5.81. The average molecular weight is 211 g/mol. The summed E-state index contributed by atoms with van der Waals surface area (Å²) in [7, 11) is 0. The summed E-state index contributed by atoms with van der Waals surface area (Å²) in [5, 5.41) is 0. The van der Waals surface area contributed by atoms with E-state index in [4.69, 9.17) is 11.5 Å². The zero-order valence-corrected chi connectivity index (χ0v) is 7.81. The normalized spacial score (nSPS) is 9.40. The lowest BCUT2D eigenvalue weighted by Gasteiger charge is -2.02. The Kier molecular flexibility index (Phi) is 3.61. The first-order valence-electron chi connectivity index (χ1n) is 4.10. The maximum absolute atomic E-state index is 13.0. The Labute approximate surface area is 85.5 Å². The lowest BCUT2D eigenvalue weighted by molar-refractivity contribution is -0.132. The van der Waals surface area contributed by atoms with E-state index in [1.54, 1.807) is 6.07 Å². The molecule has 0 spiro atoms. The Bertz CT molecular complexity index is 389. The van der Waals surface area contributed by atoms with Crippen LogP contribution in [0.1, 0.15) is 0 Å². The molecule has 0 amide bonds. The topological polar surface area (TPSA) is 90.7 Å². The molecule has 0 radical (unpaired) electrons. The molecule has 0 saturated heterocycles. The molecular weight excluding hydrogens is 201 g/mol. The van der Waals surface area contributed by atoms with E-state index in [9.17, 15) is 9.18 Å². The van der Waals surface area contributed by atoms with Gasteiger partial charge < -0.3 is 16.2 Å². The monoisotopic (exact) mass is 211 g/mol. The maximum Gasteiger partial charge on any atom is 0.333 e. The van der Waals surface area contributed by atoms with E-state index in [0.29, 0.717) is 0 Å². The van der Waals surface area contributed by atoms with Crippen molar-refractivity contribution in [2.75, 3.05) is 6.54 Å². The molecule has 0 heterocycles. The number of carbonyl (C=O) groups is 1. The predicted octanol–water partition coefficient (Wildman–Crippen LogP) is 0.00450. The minimum Gasteiger partial charge on any atom is -0.422 e. The van der Waals surface area contributed by atoms with Gasteiger partial charge in [0, 0.05) is 0 Å². The third kappa shape index (κ3) is 3.63. The Morgan fingerprint density at radius 1 is 1.40 bits per heavy atom. The summed E-state index contributed by atoms with van der Waals surface area (Å²) in [6.45, 7) is -0.337. The van der Waals surface area contributed by atoms with E-state index < -0.39 is 11.8 Å². The number of ether oxygens (including phenoxy) is 1. The van der Waals surface area contributed by atoms with Crippen LogP contribution >= 0.6 is 0 Å². The smallest absolute Gasteiger partial charge is 0.333 e. The number of nitrogens with zero attached hydrogens (tertiary/aromatic N) is 1. The highest BCUT2D eigenvalue weighted by atomic mass is 19.1. The number of benzene rings is 1. The van der Waals surface area contributed by atoms with Crippen molar-refractivity contribution in [2.45, 2.75) is 0 Å². The van der Waals surface area contributed by atoms with Gasteiger partial charge in [0.2, 0.25) is 0 Å². The van der Waals surface area contributed by atoms with Gasteiger partial charge in [0.1, 0.15) is 6.54 Å². The van der Waals surface area contributed by atoms with Crippen LogP contribution in [0.25, 0.3) is 0 Å². The number of para-hydroxylation sites is 1. The van der Waals surface area contributed by atoms with E-state index in [-0.39, 0.29) is 18.3 Å². The third-order valence-corrected chi connectivity index (χ3v) is 1.45. The van der Waals surface area contributed by atoms with Crippen LogP contribution in [0.3, 0.4) is 0 Å². The summed E-state index contributed by atoms with van der Waals surface area (Å²) in [4.78, 5) is 14.5. The average Bonchev–Trinajstić information content (AvgIpc) is 2.18. The van der Waals surface area contributed by atoms with Gasteiger partial charge in [0.05, 0.1) is 0 Å². The number of hydrogen-bond donors (Lipinski definition) is 2. The SMILES string of the molecule is NC(N)=NCC(=O)Oc1ccccc1F. The first kappa shape index (κ1) is 11.0. The van der Waals surface area contributed by atoms with Crippen molar-refractivity contribution in [3.63, 3.8) is 0 Å². The second-order valence-corrected chi connectivity index (χ2v) is 2.65. The minimum absolute atomic E-state index is 0.145. The van der Waals surface area contributed by atoms with E-state index in [0.717, 1.165) is 0 Å². The van der Waals surface area contributed by atoms with Crippen LogP contribution in [0.2, 0.25) is 0 Å². The summed E-state index contributed by atoms with van der Waals surface area (Å²) in [5.74, 6) is -1.71. The molecule has 4 N–H and O–H groups in total. The molecule has 0 bridgehead atoms. The fourth-order valence-corrected chi connectivity index (χ4v) is 0.838. The van der Waals surface area contributed by atoms with E-state index in [2.05, 4.69) is 9.73 Å². The number of hydrogen-bond acceptors (Lipinski definition) is 3. The van der Waals surface area contributed by atoms with Gasteiger partial charge in [-0.3, -0.25) is 0 Å². The number of esters is 1. The number of nitrogens with two attached hydrogens (primary N) is 2. The minimum atomic E-state index is -0.728. The second-order valence-electron chi connectivity index (χ2n) is 2.65. The van der Waals surface area contributed by atoms with E-state index in [1.807, 2.05) is 0 Å². The van der Waals surface area contributed by atoms with Crippen LogP contribution in [0, 0.1) is 5.82 Å². The van der Waals surface area contributed by atoms with Crippen molar-refractivity contribution in [3.8, 4) is 5.75 Å². The molecule has 0 aliphatic carbocycles. The van der Waals surface area contributed by atoms with Crippen LogP contribution in [0.4, 0.5) is 4.39 Å². The summed E-state index contributed by atoms with van der Waals surface area (Å²) in [5.41, 5.74) is 10.0. The Morgan fingerprint density at radius 2 is 2.07 bits per heavy atom. The molecule has 0 aromatic heterocycles. The molecule has 1 aromatic rings. The van der Waals surface area contributed by atoms with Gasteiger partial charge in [0.15, 0.2) is 17.5 Å².